The number of tetrazole rings is 1. The summed E-state index contributed by atoms with van der Waals surface area (Å²) in [5.41, 5.74) is 4.90. The van der Waals surface area contributed by atoms with Gasteiger partial charge in [0.05, 0.1) is 11.2 Å². The lowest BCUT2D eigenvalue weighted by Gasteiger charge is -2.27. The van der Waals surface area contributed by atoms with Crippen molar-refractivity contribution in [3.8, 4) is 16.8 Å². The maximum atomic E-state index is 13.2. The summed E-state index contributed by atoms with van der Waals surface area (Å²) in [6, 6.07) is 23.8. The van der Waals surface area contributed by atoms with Gasteiger partial charge >= 0.3 is 0 Å². The summed E-state index contributed by atoms with van der Waals surface area (Å²) in [5.74, 6) is -0.160. The lowest BCUT2D eigenvalue weighted by molar-refractivity contribution is 0.0912. The molecular weight excluding hydrogens is 374 g/mol. The summed E-state index contributed by atoms with van der Waals surface area (Å²) < 4.78 is 1.55. The van der Waals surface area contributed by atoms with Crippen LogP contribution in [0.5, 0.6) is 0 Å². The summed E-state index contributed by atoms with van der Waals surface area (Å²) in [6.07, 6.45) is 1.52. The Hall–Kier alpha value is -3.80. The van der Waals surface area contributed by atoms with Crippen molar-refractivity contribution in [2.75, 3.05) is 0 Å². The van der Waals surface area contributed by atoms with Gasteiger partial charge in [0, 0.05) is 5.56 Å². The Balaban J connectivity index is 1.73. The van der Waals surface area contributed by atoms with E-state index in [2.05, 4.69) is 33.0 Å². The Morgan fingerprint density at radius 1 is 0.933 bits per heavy atom. The zero-order chi connectivity index (χ0) is 21.1. The van der Waals surface area contributed by atoms with E-state index in [1.54, 1.807) is 10.7 Å². The van der Waals surface area contributed by atoms with Gasteiger partial charge in [0.15, 0.2) is 0 Å². The normalized spacial score (nSPS) is 11.3. The molecule has 0 unspecified atom stereocenters. The highest BCUT2D eigenvalue weighted by atomic mass is 16.1. The van der Waals surface area contributed by atoms with Gasteiger partial charge in [0.2, 0.25) is 0 Å². The maximum absolute atomic E-state index is 13.2. The first kappa shape index (κ1) is 19.5. The van der Waals surface area contributed by atoms with E-state index in [-0.39, 0.29) is 5.91 Å². The number of carbonyl (C=O) groups excluding carboxylic acids is 1. The minimum absolute atomic E-state index is 0.160. The Morgan fingerprint density at radius 3 is 2.33 bits per heavy atom. The van der Waals surface area contributed by atoms with Gasteiger partial charge in [-0.25, -0.2) is 4.68 Å². The van der Waals surface area contributed by atoms with Crippen LogP contribution in [0.2, 0.25) is 0 Å². The third-order valence-electron chi connectivity index (χ3n) is 5.10. The van der Waals surface area contributed by atoms with Crippen LogP contribution in [0, 0.1) is 6.92 Å². The average molecular weight is 397 g/mol. The molecule has 4 rings (SSSR count). The highest BCUT2D eigenvalue weighted by molar-refractivity contribution is 5.96. The van der Waals surface area contributed by atoms with Crippen molar-refractivity contribution in [1.82, 2.24) is 25.5 Å². The molecule has 0 fully saturated rings. The number of carbonyl (C=O) groups is 1. The molecule has 0 aliphatic carbocycles. The first-order chi connectivity index (χ1) is 14.4. The molecule has 1 aromatic heterocycles. The molecule has 0 saturated heterocycles. The third-order valence-corrected chi connectivity index (χ3v) is 5.10. The highest BCUT2D eigenvalue weighted by Gasteiger charge is 2.24. The number of nitrogens with zero attached hydrogens (tertiary/aromatic N) is 4. The van der Waals surface area contributed by atoms with Crippen molar-refractivity contribution < 1.29 is 4.79 Å². The van der Waals surface area contributed by atoms with Gasteiger partial charge in [-0.3, -0.25) is 4.79 Å². The minimum atomic E-state index is -0.521. The second-order valence-corrected chi connectivity index (χ2v) is 7.83. The third kappa shape index (κ3) is 4.12. The highest BCUT2D eigenvalue weighted by Crippen LogP contribution is 2.26. The molecular formula is C24H23N5O. The van der Waals surface area contributed by atoms with E-state index < -0.39 is 5.54 Å². The lowest BCUT2D eigenvalue weighted by atomic mass is 9.93. The summed E-state index contributed by atoms with van der Waals surface area (Å²) in [7, 11) is 0. The minimum Gasteiger partial charge on any atom is -0.343 e. The van der Waals surface area contributed by atoms with Crippen LogP contribution in [-0.2, 0) is 5.54 Å². The largest absolute Gasteiger partial charge is 0.343 e. The molecule has 3 aromatic carbocycles. The molecule has 1 heterocycles. The van der Waals surface area contributed by atoms with Crippen molar-refractivity contribution in [3.63, 3.8) is 0 Å². The van der Waals surface area contributed by atoms with Crippen LogP contribution in [0.1, 0.15) is 35.3 Å². The maximum Gasteiger partial charge on any atom is 0.252 e. The van der Waals surface area contributed by atoms with Crippen LogP contribution in [0.15, 0.2) is 79.1 Å². The molecule has 4 aromatic rings. The number of aryl methyl sites for hydroxylation is 1. The second kappa shape index (κ2) is 7.91. The van der Waals surface area contributed by atoms with Crippen LogP contribution in [0.25, 0.3) is 16.8 Å². The van der Waals surface area contributed by atoms with Gasteiger partial charge < -0.3 is 5.32 Å². The molecule has 150 valence electrons. The van der Waals surface area contributed by atoms with E-state index in [1.165, 1.54) is 11.9 Å². The number of hydrogen-bond acceptors (Lipinski definition) is 4. The summed E-state index contributed by atoms with van der Waals surface area (Å²) in [5, 5.41) is 14.6. The number of hydrogen-bond donors (Lipinski definition) is 1. The van der Waals surface area contributed by atoms with E-state index in [9.17, 15) is 4.79 Å². The fraction of sp³-hybridized carbons (Fsp3) is 0.167. The number of rotatable bonds is 5. The van der Waals surface area contributed by atoms with E-state index >= 15 is 0 Å². The predicted octanol–water partition coefficient (Wildman–Crippen LogP) is 4.30. The van der Waals surface area contributed by atoms with Crippen LogP contribution < -0.4 is 5.32 Å². The van der Waals surface area contributed by atoms with E-state index in [4.69, 9.17) is 0 Å². The van der Waals surface area contributed by atoms with Gasteiger partial charge in [0.25, 0.3) is 5.91 Å². The van der Waals surface area contributed by atoms with Gasteiger partial charge in [-0.15, -0.1) is 5.10 Å². The predicted molar refractivity (Wildman–Crippen MR) is 116 cm³/mol. The quantitative estimate of drug-likeness (QED) is 0.545. The van der Waals surface area contributed by atoms with Gasteiger partial charge in [-0.1, -0.05) is 60.2 Å². The Morgan fingerprint density at radius 2 is 1.67 bits per heavy atom. The zero-order valence-corrected chi connectivity index (χ0v) is 17.2. The van der Waals surface area contributed by atoms with E-state index in [1.807, 2.05) is 75.4 Å². The summed E-state index contributed by atoms with van der Waals surface area (Å²) >= 11 is 0. The number of aromatic nitrogens is 4. The van der Waals surface area contributed by atoms with Gasteiger partial charge in [0.1, 0.15) is 6.33 Å². The first-order valence-electron chi connectivity index (χ1n) is 9.76. The fourth-order valence-corrected chi connectivity index (χ4v) is 3.35. The number of nitrogens with one attached hydrogen (secondary N) is 1. The molecule has 0 saturated carbocycles. The summed E-state index contributed by atoms with van der Waals surface area (Å²) in [6.45, 7) is 6.03. The second-order valence-electron chi connectivity index (χ2n) is 7.83. The number of benzene rings is 3. The standard InChI is InChI=1S/C24H23N5O/c1-17-9-11-18(12-10-17)19-13-20(15-22(14-19)29-16-25-27-28-29)23(30)26-24(2,3)21-7-5-4-6-8-21/h4-16H,1-3H3,(H,26,30). The Labute approximate surface area is 175 Å². The van der Waals surface area contributed by atoms with Crippen molar-refractivity contribution in [1.29, 1.82) is 0 Å². The van der Waals surface area contributed by atoms with Crippen LogP contribution in [0.4, 0.5) is 0 Å². The Kier molecular flexibility index (Phi) is 5.14. The van der Waals surface area contributed by atoms with E-state index in [0.29, 0.717) is 5.56 Å². The van der Waals surface area contributed by atoms with E-state index in [0.717, 1.165) is 22.4 Å². The fourth-order valence-electron chi connectivity index (χ4n) is 3.35. The van der Waals surface area contributed by atoms with Crippen molar-refractivity contribution in [2.24, 2.45) is 0 Å². The molecule has 0 spiro atoms. The lowest BCUT2D eigenvalue weighted by Crippen LogP contribution is -2.41. The topological polar surface area (TPSA) is 72.7 Å². The molecule has 6 nitrogen and oxygen atoms in total. The van der Waals surface area contributed by atoms with Crippen molar-refractivity contribution >= 4 is 5.91 Å². The zero-order valence-electron chi connectivity index (χ0n) is 17.2. The average Bonchev–Trinajstić information content (AvgIpc) is 3.29. The van der Waals surface area contributed by atoms with Crippen molar-refractivity contribution in [3.05, 3.63) is 95.8 Å². The monoisotopic (exact) mass is 397 g/mol. The smallest absolute Gasteiger partial charge is 0.252 e. The SMILES string of the molecule is Cc1ccc(-c2cc(C(=O)NC(C)(C)c3ccccc3)cc(-n3cnnn3)c2)cc1. The molecule has 1 amide bonds. The first-order valence-corrected chi connectivity index (χ1v) is 9.76. The van der Waals surface area contributed by atoms with Crippen LogP contribution in [-0.4, -0.2) is 26.1 Å². The Bertz CT molecular complexity index is 1150. The van der Waals surface area contributed by atoms with Crippen LogP contribution >= 0.6 is 0 Å². The molecule has 30 heavy (non-hydrogen) atoms. The molecule has 0 atom stereocenters. The molecule has 0 aliphatic rings. The van der Waals surface area contributed by atoms with Gasteiger partial charge in [-0.2, -0.15) is 0 Å². The molecule has 0 bridgehead atoms. The summed E-state index contributed by atoms with van der Waals surface area (Å²) in [4.78, 5) is 13.2. The molecule has 0 radical (unpaired) electrons. The van der Waals surface area contributed by atoms with Crippen molar-refractivity contribution in [2.45, 2.75) is 26.3 Å². The van der Waals surface area contributed by atoms with Crippen LogP contribution in [0.3, 0.4) is 0 Å². The molecule has 6 heteroatoms. The number of amides is 1. The molecule has 0 aliphatic heterocycles. The molecule has 1 N–H and O–H groups in total. The van der Waals surface area contributed by atoms with Gasteiger partial charge in [-0.05, 0) is 66.1 Å².